The Morgan fingerprint density at radius 2 is 1.92 bits per heavy atom. The molecule has 1 atom stereocenters. The Labute approximate surface area is 146 Å². The summed E-state index contributed by atoms with van der Waals surface area (Å²) < 4.78 is 0. The van der Waals surface area contributed by atoms with Crippen LogP contribution in [0.25, 0.3) is 11.1 Å². The molecule has 2 N–H and O–H groups in total. The highest BCUT2D eigenvalue weighted by atomic mass is 32.2. The first kappa shape index (κ1) is 16.7. The molecule has 1 aliphatic rings. The highest BCUT2D eigenvalue weighted by molar-refractivity contribution is 8.15. The van der Waals surface area contributed by atoms with Crippen molar-refractivity contribution < 1.29 is 9.59 Å². The molecule has 0 saturated carbocycles. The third kappa shape index (κ3) is 3.68. The maximum atomic E-state index is 11.7. The zero-order valence-electron chi connectivity index (χ0n) is 13.8. The van der Waals surface area contributed by atoms with E-state index in [1.165, 1.54) is 11.1 Å². The quantitative estimate of drug-likeness (QED) is 0.877. The Kier molecular flexibility index (Phi) is 5.02. The summed E-state index contributed by atoms with van der Waals surface area (Å²) in [6.45, 7) is 2.89. The van der Waals surface area contributed by atoms with Crippen LogP contribution < -0.4 is 10.6 Å². The average Bonchev–Trinajstić information content (AvgIpc) is 2.87. The van der Waals surface area contributed by atoms with Crippen molar-refractivity contribution >= 4 is 22.9 Å². The van der Waals surface area contributed by atoms with Crippen LogP contribution >= 0.6 is 11.8 Å². The minimum Gasteiger partial charge on any atom is -0.316 e. The molecule has 1 heterocycles. The van der Waals surface area contributed by atoms with Crippen LogP contribution in [-0.2, 0) is 17.8 Å². The molecule has 1 aliphatic heterocycles. The number of carbonyl (C=O) groups excluding carboxylic acids is 2. The smallest absolute Gasteiger partial charge is 0.286 e. The van der Waals surface area contributed by atoms with Gasteiger partial charge in [-0.1, -0.05) is 48.2 Å². The van der Waals surface area contributed by atoms with Gasteiger partial charge in [0.05, 0.1) is 5.25 Å². The van der Waals surface area contributed by atoms with E-state index in [4.69, 9.17) is 0 Å². The molecule has 2 aromatic carbocycles. The molecule has 0 aliphatic carbocycles. The van der Waals surface area contributed by atoms with Crippen LogP contribution in [0.2, 0.25) is 0 Å². The van der Waals surface area contributed by atoms with Gasteiger partial charge in [0.2, 0.25) is 5.91 Å². The van der Waals surface area contributed by atoms with Crippen LogP contribution in [0, 0.1) is 6.92 Å². The number of benzene rings is 2. The van der Waals surface area contributed by atoms with Crippen molar-refractivity contribution in [3.63, 3.8) is 0 Å². The Bertz CT molecular complexity index is 789. The van der Waals surface area contributed by atoms with Crippen LogP contribution in [0.3, 0.4) is 0 Å². The van der Waals surface area contributed by atoms with Gasteiger partial charge in [0.1, 0.15) is 0 Å². The monoisotopic (exact) mass is 340 g/mol. The van der Waals surface area contributed by atoms with Gasteiger partial charge in [0, 0.05) is 6.54 Å². The third-order valence-electron chi connectivity index (χ3n) is 4.16. The zero-order valence-corrected chi connectivity index (χ0v) is 14.6. The lowest BCUT2D eigenvalue weighted by atomic mass is 9.96. The molecule has 2 amide bonds. The number of imide groups is 1. The van der Waals surface area contributed by atoms with Crippen LogP contribution in [0.4, 0.5) is 4.79 Å². The van der Waals surface area contributed by atoms with Gasteiger partial charge in [0.15, 0.2) is 0 Å². The van der Waals surface area contributed by atoms with Gasteiger partial charge >= 0.3 is 0 Å². The molecular weight excluding hydrogens is 320 g/mol. The second-order valence-corrected chi connectivity index (χ2v) is 7.13. The number of amides is 2. The molecule has 1 saturated heterocycles. The maximum Gasteiger partial charge on any atom is 0.286 e. The Morgan fingerprint density at radius 1 is 1.12 bits per heavy atom. The fourth-order valence-electron chi connectivity index (χ4n) is 2.90. The number of nitrogens with one attached hydrogen (secondary N) is 2. The first-order chi connectivity index (χ1) is 11.6. The molecule has 0 spiro atoms. The normalized spacial score (nSPS) is 17.2. The van der Waals surface area contributed by atoms with Gasteiger partial charge < -0.3 is 5.32 Å². The minimum absolute atomic E-state index is 0.187. The average molecular weight is 340 g/mol. The van der Waals surface area contributed by atoms with Crippen molar-refractivity contribution in [2.24, 2.45) is 0 Å². The van der Waals surface area contributed by atoms with E-state index in [1.807, 2.05) is 7.05 Å². The summed E-state index contributed by atoms with van der Waals surface area (Å²) in [5.41, 5.74) is 5.83. The molecule has 0 bridgehead atoms. The lowest BCUT2D eigenvalue weighted by molar-refractivity contribution is -0.118. The van der Waals surface area contributed by atoms with Gasteiger partial charge in [0.25, 0.3) is 5.24 Å². The second-order valence-electron chi connectivity index (χ2n) is 5.96. The van der Waals surface area contributed by atoms with Crippen LogP contribution in [0.1, 0.15) is 16.7 Å². The Hall–Kier alpha value is -2.11. The highest BCUT2D eigenvalue weighted by Crippen LogP contribution is 2.27. The lowest BCUT2D eigenvalue weighted by Crippen LogP contribution is -2.25. The summed E-state index contributed by atoms with van der Waals surface area (Å²) >= 11 is 1.08. The van der Waals surface area contributed by atoms with Crippen molar-refractivity contribution in [1.82, 2.24) is 10.6 Å². The van der Waals surface area contributed by atoms with Gasteiger partial charge in [-0.3, -0.25) is 14.9 Å². The molecular formula is C19H20N2O2S. The fraction of sp³-hybridized carbons (Fsp3) is 0.263. The highest BCUT2D eigenvalue weighted by Gasteiger charge is 2.31. The van der Waals surface area contributed by atoms with Crippen LogP contribution in [0.5, 0.6) is 0 Å². The number of rotatable bonds is 5. The molecule has 2 aromatic rings. The number of hydrogen-bond donors (Lipinski definition) is 2. The number of aryl methyl sites for hydroxylation is 1. The number of hydrogen-bond acceptors (Lipinski definition) is 4. The van der Waals surface area contributed by atoms with Crippen molar-refractivity contribution in [3.8, 4) is 11.1 Å². The molecule has 1 unspecified atom stereocenters. The van der Waals surface area contributed by atoms with E-state index >= 15 is 0 Å². The van der Waals surface area contributed by atoms with Gasteiger partial charge in [-0.2, -0.15) is 0 Å². The zero-order chi connectivity index (χ0) is 17.1. The van der Waals surface area contributed by atoms with Crippen molar-refractivity contribution in [3.05, 3.63) is 59.2 Å². The lowest BCUT2D eigenvalue weighted by Gasteiger charge is -2.11. The molecule has 0 radical (unpaired) electrons. The van der Waals surface area contributed by atoms with Crippen molar-refractivity contribution in [1.29, 1.82) is 0 Å². The second kappa shape index (κ2) is 7.20. The Balaban J connectivity index is 1.81. The first-order valence-corrected chi connectivity index (χ1v) is 8.79. The predicted octanol–water partition coefficient (Wildman–Crippen LogP) is 3.28. The summed E-state index contributed by atoms with van der Waals surface area (Å²) in [6, 6.07) is 14.8. The van der Waals surface area contributed by atoms with E-state index < -0.39 is 0 Å². The maximum absolute atomic E-state index is 11.7. The van der Waals surface area contributed by atoms with Crippen molar-refractivity contribution in [2.45, 2.75) is 25.1 Å². The molecule has 124 valence electrons. The summed E-state index contributed by atoms with van der Waals surface area (Å²) in [5, 5.41) is 4.94. The van der Waals surface area contributed by atoms with Gasteiger partial charge in [-0.15, -0.1) is 0 Å². The number of carbonyl (C=O) groups is 2. The summed E-state index contributed by atoms with van der Waals surface area (Å²) in [4.78, 5) is 23.0. The summed E-state index contributed by atoms with van der Waals surface area (Å²) in [6.07, 6.45) is 0.578. The summed E-state index contributed by atoms with van der Waals surface area (Å²) in [7, 11) is 1.94. The van der Waals surface area contributed by atoms with E-state index in [9.17, 15) is 9.59 Å². The van der Waals surface area contributed by atoms with E-state index in [2.05, 4.69) is 60.0 Å². The topological polar surface area (TPSA) is 58.2 Å². The molecule has 3 rings (SSSR count). The van der Waals surface area contributed by atoms with Crippen LogP contribution in [-0.4, -0.2) is 23.4 Å². The molecule has 4 nitrogen and oxygen atoms in total. The van der Waals surface area contributed by atoms with E-state index in [-0.39, 0.29) is 16.4 Å². The summed E-state index contributed by atoms with van der Waals surface area (Å²) in [5.74, 6) is -0.187. The fourth-order valence-corrected chi connectivity index (χ4v) is 3.74. The third-order valence-corrected chi connectivity index (χ3v) is 5.14. The molecule has 1 fully saturated rings. The first-order valence-electron chi connectivity index (χ1n) is 7.92. The largest absolute Gasteiger partial charge is 0.316 e. The molecule has 0 aromatic heterocycles. The standard InChI is InChI=1S/C19H20N2O2S/c1-12-8-16(15-5-3-4-13(9-15)11-20-2)7-6-14(12)10-17-18(22)21-19(23)24-17/h3-9,17,20H,10-11H2,1-2H3,(H,21,22,23). The predicted molar refractivity (Wildman–Crippen MR) is 98.0 cm³/mol. The molecule has 24 heavy (non-hydrogen) atoms. The SMILES string of the molecule is CNCc1cccc(-c2ccc(CC3SC(=O)NC3=O)c(C)c2)c1. The molecule has 5 heteroatoms. The Morgan fingerprint density at radius 3 is 2.58 bits per heavy atom. The van der Waals surface area contributed by atoms with E-state index in [0.29, 0.717) is 6.42 Å². The van der Waals surface area contributed by atoms with E-state index in [0.717, 1.165) is 35.0 Å². The van der Waals surface area contributed by atoms with Crippen LogP contribution in [0.15, 0.2) is 42.5 Å². The van der Waals surface area contributed by atoms with Crippen molar-refractivity contribution in [2.75, 3.05) is 7.05 Å². The van der Waals surface area contributed by atoms with E-state index in [1.54, 1.807) is 0 Å². The van der Waals surface area contributed by atoms with Gasteiger partial charge in [-0.25, -0.2) is 0 Å². The number of thioether (sulfide) groups is 1. The van der Waals surface area contributed by atoms with Gasteiger partial charge in [-0.05, 0) is 54.3 Å². The minimum atomic E-state index is -0.319.